The van der Waals surface area contributed by atoms with Crippen LogP contribution < -0.4 is 5.73 Å². The van der Waals surface area contributed by atoms with E-state index in [1.807, 2.05) is 19.1 Å². The minimum Gasteiger partial charge on any atom is -0.369 e. The number of rotatable bonds is 3. The number of primary amides is 1. The Morgan fingerprint density at radius 1 is 1.75 bits per heavy atom. The van der Waals surface area contributed by atoms with Gasteiger partial charge in [0.1, 0.15) is 0 Å². The molecule has 1 aromatic rings. The van der Waals surface area contributed by atoms with E-state index in [4.69, 9.17) is 5.73 Å². The molecule has 4 heteroatoms. The Hall–Kier alpha value is -1.03. The normalized spacial score (nSPS) is 9.75. The summed E-state index contributed by atoms with van der Waals surface area (Å²) >= 11 is 1.36. The van der Waals surface area contributed by atoms with E-state index in [1.54, 1.807) is 6.20 Å². The highest BCUT2D eigenvalue weighted by Crippen LogP contribution is 2.14. The Morgan fingerprint density at radius 2 is 2.50 bits per heavy atom. The first-order chi connectivity index (χ1) is 5.68. The van der Waals surface area contributed by atoms with Gasteiger partial charge in [-0.05, 0) is 24.6 Å². The molecular formula is C8H10N2OS. The maximum atomic E-state index is 10.4. The zero-order valence-corrected chi connectivity index (χ0v) is 7.60. The van der Waals surface area contributed by atoms with Crippen molar-refractivity contribution in [2.45, 2.75) is 11.9 Å². The summed E-state index contributed by atoms with van der Waals surface area (Å²) in [5.74, 6) is -0.0282. The molecule has 0 aromatic carbocycles. The summed E-state index contributed by atoms with van der Waals surface area (Å²) in [7, 11) is 0. The van der Waals surface area contributed by atoms with Gasteiger partial charge in [-0.2, -0.15) is 0 Å². The quantitative estimate of drug-likeness (QED) is 0.708. The van der Waals surface area contributed by atoms with Crippen LogP contribution in [0.15, 0.2) is 23.4 Å². The number of nitrogens with two attached hydrogens (primary N) is 1. The summed E-state index contributed by atoms with van der Waals surface area (Å²) in [6, 6.07) is 3.84. The van der Waals surface area contributed by atoms with Gasteiger partial charge in [-0.1, -0.05) is 11.8 Å². The monoisotopic (exact) mass is 182 g/mol. The highest BCUT2D eigenvalue weighted by molar-refractivity contribution is 7.99. The van der Waals surface area contributed by atoms with Gasteiger partial charge in [0.25, 0.3) is 0 Å². The summed E-state index contributed by atoms with van der Waals surface area (Å²) in [5, 5.41) is 0.841. The first-order valence-electron chi connectivity index (χ1n) is 3.52. The Morgan fingerprint density at radius 3 is 3.08 bits per heavy atom. The van der Waals surface area contributed by atoms with Gasteiger partial charge in [0, 0.05) is 6.20 Å². The summed E-state index contributed by atoms with van der Waals surface area (Å²) in [5.41, 5.74) is 6.13. The molecule has 12 heavy (non-hydrogen) atoms. The van der Waals surface area contributed by atoms with E-state index >= 15 is 0 Å². The molecule has 0 bridgehead atoms. The van der Waals surface area contributed by atoms with Crippen LogP contribution in [0.25, 0.3) is 0 Å². The lowest BCUT2D eigenvalue weighted by atomic mass is 10.3. The number of thioether (sulfide) groups is 1. The molecule has 0 fully saturated rings. The fraction of sp³-hybridized carbons (Fsp3) is 0.250. The van der Waals surface area contributed by atoms with E-state index in [0.29, 0.717) is 0 Å². The fourth-order valence-corrected chi connectivity index (χ4v) is 1.43. The number of nitrogens with zero attached hydrogens (tertiary/aromatic N) is 1. The minimum atomic E-state index is -0.316. The van der Waals surface area contributed by atoms with E-state index < -0.39 is 0 Å². The van der Waals surface area contributed by atoms with Crippen LogP contribution in [0.3, 0.4) is 0 Å². The summed E-state index contributed by atoms with van der Waals surface area (Å²) in [6.45, 7) is 1.98. The summed E-state index contributed by atoms with van der Waals surface area (Å²) in [4.78, 5) is 14.5. The predicted molar refractivity (Wildman–Crippen MR) is 48.9 cm³/mol. The molecule has 0 aliphatic heterocycles. The maximum absolute atomic E-state index is 10.4. The fourth-order valence-electron chi connectivity index (χ4n) is 0.732. The van der Waals surface area contributed by atoms with Crippen molar-refractivity contribution in [1.82, 2.24) is 4.98 Å². The lowest BCUT2D eigenvalue weighted by Gasteiger charge is -1.97. The van der Waals surface area contributed by atoms with Gasteiger partial charge in [0.05, 0.1) is 10.8 Å². The van der Waals surface area contributed by atoms with Crippen molar-refractivity contribution in [2.75, 3.05) is 5.75 Å². The molecule has 0 spiro atoms. The smallest absolute Gasteiger partial charge is 0.227 e. The molecule has 0 saturated heterocycles. The molecule has 0 unspecified atom stereocenters. The molecule has 0 saturated carbocycles. The molecule has 0 aliphatic rings. The van der Waals surface area contributed by atoms with Crippen molar-refractivity contribution in [2.24, 2.45) is 5.73 Å². The zero-order chi connectivity index (χ0) is 8.97. The van der Waals surface area contributed by atoms with E-state index in [9.17, 15) is 4.79 Å². The standard InChI is InChI=1S/C8H10N2OS/c1-6-2-3-10-8(4-6)12-5-7(9)11/h2-4H,5H2,1H3,(H2,9,11). The first-order valence-corrected chi connectivity index (χ1v) is 4.51. The molecule has 2 N–H and O–H groups in total. The van der Waals surface area contributed by atoms with Crippen molar-refractivity contribution in [1.29, 1.82) is 0 Å². The van der Waals surface area contributed by atoms with Gasteiger partial charge in [0.2, 0.25) is 5.91 Å². The minimum absolute atomic E-state index is 0.288. The third-order valence-corrected chi connectivity index (χ3v) is 2.20. The van der Waals surface area contributed by atoms with Crippen LogP contribution in [0, 0.1) is 6.92 Å². The molecule has 0 radical (unpaired) electrons. The second-order valence-corrected chi connectivity index (χ2v) is 3.42. The highest BCUT2D eigenvalue weighted by atomic mass is 32.2. The van der Waals surface area contributed by atoms with Crippen molar-refractivity contribution >= 4 is 17.7 Å². The molecule has 1 aromatic heterocycles. The second-order valence-electron chi connectivity index (χ2n) is 2.43. The van der Waals surface area contributed by atoms with Gasteiger partial charge in [-0.15, -0.1) is 0 Å². The topological polar surface area (TPSA) is 56.0 Å². The number of aromatic nitrogens is 1. The number of carbonyl (C=O) groups excluding carboxylic acids is 1. The van der Waals surface area contributed by atoms with Crippen LogP contribution in [-0.2, 0) is 4.79 Å². The number of hydrogen-bond acceptors (Lipinski definition) is 3. The molecule has 0 aliphatic carbocycles. The van der Waals surface area contributed by atoms with Gasteiger partial charge >= 0.3 is 0 Å². The number of amides is 1. The summed E-state index contributed by atoms with van der Waals surface area (Å²) in [6.07, 6.45) is 1.72. The lowest BCUT2D eigenvalue weighted by molar-refractivity contribution is -0.115. The van der Waals surface area contributed by atoms with E-state index in [-0.39, 0.29) is 11.7 Å². The predicted octanol–water partition coefficient (Wildman–Crippen LogP) is 0.967. The van der Waals surface area contributed by atoms with Gasteiger partial charge in [0.15, 0.2) is 0 Å². The van der Waals surface area contributed by atoms with Crippen molar-refractivity contribution < 1.29 is 4.79 Å². The molecule has 0 atom stereocenters. The van der Waals surface area contributed by atoms with Gasteiger partial charge in [-0.25, -0.2) is 4.98 Å². The van der Waals surface area contributed by atoms with Crippen LogP contribution in [0.4, 0.5) is 0 Å². The van der Waals surface area contributed by atoms with Gasteiger partial charge in [-0.3, -0.25) is 4.79 Å². The highest BCUT2D eigenvalue weighted by Gasteiger charge is 1.98. The van der Waals surface area contributed by atoms with Gasteiger partial charge < -0.3 is 5.73 Å². The van der Waals surface area contributed by atoms with Crippen LogP contribution in [0.2, 0.25) is 0 Å². The number of hydrogen-bond donors (Lipinski definition) is 1. The van der Waals surface area contributed by atoms with Crippen molar-refractivity contribution in [3.63, 3.8) is 0 Å². The van der Waals surface area contributed by atoms with Crippen molar-refractivity contribution in [3.05, 3.63) is 23.9 Å². The Kier molecular flexibility index (Phi) is 3.10. The van der Waals surface area contributed by atoms with Crippen LogP contribution >= 0.6 is 11.8 Å². The largest absolute Gasteiger partial charge is 0.369 e. The second kappa shape index (κ2) is 4.11. The molecule has 1 heterocycles. The molecular weight excluding hydrogens is 172 g/mol. The lowest BCUT2D eigenvalue weighted by Crippen LogP contribution is -2.13. The third-order valence-electron chi connectivity index (χ3n) is 1.25. The zero-order valence-electron chi connectivity index (χ0n) is 6.78. The average molecular weight is 182 g/mol. The molecule has 3 nitrogen and oxygen atoms in total. The summed E-state index contributed by atoms with van der Waals surface area (Å²) < 4.78 is 0. The Labute approximate surface area is 75.4 Å². The number of carbonyl (C=O) groups is 1. The van der Waals surface area contributed by atoms with Crippen LogP contribution in [0.5, 0.6) is 0 Å². The number of aryl methyl sites for hydroxylation is 1. The maximum Gasteiger partial charge on any atom is 0.227 e. The average Bonchev–Trinajstić information content (AvgIpc) is 2.01. The first kappa shape index (κ1) is 9.06. The molecule has 64 valence electrons. The van der Waals surface area contributed by atoms with E-state index in [0.717, 1.165) is 10.6 Å². The SMILES string of the molecule is Cc1ccnc(SCC(N)=O)c1. The van der Waals surface area contributed by atoms with Crippen LogP contribution in [0.1, 0.15) is 5.56 Å². The molecule has 1 rings (SSSR count). The van der Waals surface area contributed by atoms with Crippen molar-refractivity contribution in [3.8, 4) is 0 Å². The Bertz CT molecular complexity index is 288. The van der Waals surface area contributed by atoms with E-state index in [2.05, 4.69) is 4.98 Å². The van der Waals surface area contributed by atoms with Crippen LogP contribution in [-0.4, -0.2) is 16.6 Å². The number of pyridine rings is 1. The van der Waals surface area contributed by atoms with E-state index in [1.165, 1.54) is 11.8 Å². The Balaban J connectivity index is 2.57. The molecule has 1 amide bonds. The third kappa shape index (κ3) is 2.92.